The Hall–Kier alpha value is -2.08. The molecule has 1 aliphatic rings. The fraction of sp³-hybridized carbons (Fsp3) is 0.429. The molecule has 3 N–H and O–H groups in total. The van der Waals surface area contributed by atoms with Crippen LogP contribution in [0.4, 0.5) is 5.69 Å². The van der Waals surface area contributed by atoms with Crippen LogP contribution in [0.1, 0.15) is 17.3 Å². The number of primary amides is 1. The lowest BCUT2D eigenvalue weighted by atomic mass is 10.2. The lowest BCUT2D eigenvalue weighted by molar-refractivity contribution is -0.136. The Morgan fingerprint density at radius 3 is 2.70 bits per heavy atom. The van der Waals surface area contributed by atoms with Gasteiger partial charge in [-0.2, -0.15) is 0 Å². The number of nitrogens with one attached hydrogen (secondary N) is 1. The molecule has 6 heteroatoms. The van der Waals surface area contributed by atoms with Crippen molar-refractivity contribution >= 4 is 17.5 Å². The monoisotopic (exact) mass is 277 g/mol. The number of hydrogen-bond donors (Lipinski definition) is 2. The van der Waals surface area contributed by atoms with Crippen LogP contribution in [0, 0.1) is 0 Å². The molecule has 0 aromatic heterocycles. The van der Waals surface area contributed by atoms with E-state index in [0.717, 1.165) is 5.69 Å². The zero-order valence-corrected chi connectivity index (χ0v) is 11.5. The summed E-state index contributed by atoms with van der Waals surface area (Å²) < 4.78 is 5.40. The third-order valence-corrected chi connectivity index (χ3v) is 3.21. The summed E-state index contributed by atoms with van der Waals surface area (Å²) in [6.45, 7) is 4.02. The molecule has 1 fully saturated rings. The molecule has 1 unspecified atom stereocenters. The Morgan fingerprint density at radius 1 is 1.40 bits per heavy atom. The number of morpholine rings is 1. The standard InChI is InChI=1S/C14H19N3O3/c1-10-9-17(6-7-20-10)13(18)8-16-12-4-2-11(3-5-12)14(15)19/h2-5,10,16H,6-9H2,1H3,(H2,15,19). The van der Waals surface area contributed by atoms with Crippen LogP contribution in [0.25, 0.3) is 0 Å². The third-order valence-electron chi connectivity index (χ3n) is 3.21. The molecule has 2 amide bonds. The average Bonchev–Trinajstić information content (AvgIpc) is 2.45. The number of nitrogens with two attached hydrogens (primary N) is 1. The number of rotatable bonds is 4. The van der Waals surface area contributed by atoms with Gasteiger partial charge in [-0.05, 0) is 31.2 Å². The van der Waals surface area contributed by atoms with E-state index in [1.165, 1.54) is 0 Å². The highest BCUT2D eigenvalue weighted by molar-refractivity contribution is 5.93. The Balaban J connectivity index is 1.85. The highest BCUT2D eigenvalue weighted by atomic mass is 16.5. The molecule has 0 aliphatic carbocycles. The normalized spacial score (nSPS) is 18.6. The summed E-state index contributed by atoms with van der Waals surface area (Å²) in [6.07, 6.45) is 0.0857. The quantitative estimate of drug-likeness (QED) is 0.836. The summed E-state index contributed by atoms with van der Waals surface area (Å²) in [5, 5.41) is 3.04. The summed E-state index contributed by atoms with van der Waals surface area (Å²) in [5.74, 6) is -0.422. The maximum absolute atomic E-state index is 12.0. The first-order chi connectivity index (χ1) is 9.56. The topological polar surface area (TPSA) is 84.7 Å². The number of nitrogens with zero attached hydrogens (tertiary/aromatic N) is 1. The van der Waals surface area contributed by atoms with E-state index in [9.17, 15) is 9.59 Å². The number of anilines is 1. The van der Waals surface area contributed by atoms with Gasteiger partial charge in [-0.15, -0.1) is 0 Å². The van der Waals surface area contributed by atoms with Crippen molar-refractivity contribution in [2.24, 2.45) is 5.73 Å². The van der Waals surface area contributed by atoms with Gasteiger partial charge in [-0.25, -0.2) is 0 Å². The highest BCUT2D eigenvalue weighted by Crippen LogP contribution is 2.10. The van der Waals surface area contributed by atoms with Crippen molar-refractivity contribution in [3.8, 4) is 0 Å². The lowest BCUT2D eigenvalue weighted by Crippen LogP contribution is -2.46. The molecule has 20 heavy (non-hydrogen) atoms. The fourth-order valence-corrected chi connectivity index (χ4v) is 2.09. The van der Waals surface area contributed by atoms with E-state index in [-0.39, 0.29) is 18.6 Å². The van der Waals surface area contributed by atoms with Crippen LogP contribution in [0.15, 0.2) is 24.3 Å². The first kappa shape index (κ1) is 14.3. The molecule has 1 saturated heterocycles. The lowest BCUT2D eigenvalue weighted by Gasteiger charge is -2.31. The second-order valence-electron chi connectivity index (χ2n) is 4.82. The van der Waals surface area contributed by atoms with Gasteiger partial charge < -0.3 is 20.7 Å². The Labute approximate surface area is 117 Å². The highest BCUT2D eigenvalue weighted by Gasteiger charge is 2.20. The van der Waals surface area contributed by atoms with Gasteiger partial charge in [-0.1, -0.05) is 0 Å². The first-order valence-corrected chi connectivity index (χ1v) is 6.59. The zero-order valence-electron chi connectivity index (χ0n) is 11.5. The minimum atomic E-state index is -0.463. The van der Waals surface area contributed by atoms with Crippen LogP contribution in [0.3, 0.4) is 0 Å². The second-order valence-corrected chi connectivity index (χ2v) is 4.82. The molecule has 1 atom stereocenters. The van der Waals surface area contributed by atoms with Crippen molar-refractivity contribution in [3.05, 3.63) is 29.8 Å². The number of ether oxygens (including phenoxy) is 1. The summed E-state index contributed by atoms with van der Waals surface area (Å²) >= 11 is 0. The van der Waals surface area contributed by atoms with E-state index in [1.807, 2.05) is 6.92 Å². The number of carbonyl (C=O) groups excluding carboxylic acids is 2. The minimum Gasteiger partial charge on any atom is -0.376 e. The van der Waals surface area contributed by atoms with Crippen LogP contribution in [-0.2, 0) is 9.53 Å². The molecule has 0 radical (unpaired) electrons. The smallest absolute Gasteiger partial charge is 0.248 e. The van der Waals surface area contributed by atoms with E-state index in [1.54, 1.807) is 29.2 Å². The third kappa shape index (κ3) is 3.71. The van der Waals surface area contributed by atoms with Gasteiger partial charge in [0.1, 0.15) is 0 Å². The van der Waals surface area contributed by atoms with Gasteiger partial charge in [-0.3, -0.25) is 9.59 Å². The van der Waals surface area contributed by atoms with Crippen LogP contribution >= 0.6 is 0 Å². The van der Waals surface area contributed by atoms with E-state index in [2.05, 4.69) is 5.32 Å². The summed E-state index contributed by atoms with van der Waals surface area (Å²) in [7, 11) is 0. The number of carbonyl (C=O) groups is 2. The molecule has 6 nitrogen and oxygen atoms in total. The van der Waals surface area contributed by atoms with Gasteiger partial charge in [0, 0.05) is 24.3 Å². The van der Waals surface area contributed by atoms with Gasteiger partial charge in [0.15, 0.2) is 0 Å². The number of amides is 2. The van der Waals surface area contributed by atoms with Gasteiger partial charge >= 0.3 is 0 Å². The summed E-state index contributed by atoms with van der Waals surface area (Å²) in [4.78, 5) is 24.8. The average molecular weight is 277 g/mol. The largest absolute Gasteiger partial charge is 0.376 e. The second kappa shape index (κ2) is 6.38. The van der Waals surface area contributed by atoms with E-state index < -0.39 is 5.91 Å². The molecule has 0 bridgehead atoms. The number of hydrogen-bond acceptors (Lipinski definition) is 4. The molecular weight excluding hydrogens is 258 g/mol. The SMILES string of the molecule is CC1CN(C(=O)CNc2ccc(C(N)=O)cc2)CCO1. The van der Waals surface area contributed by atoms with E-state index in [0.29, 0.717) is 25.3 Å². The van der Waals surface area contributed by atoms with Crippen molar-refractivity contribution in [1.82, 2.24) is 4.90 Å². The van der Waals surface area contributed by atoms with Crippen LogP contribution in [-0.4, -0.2) is 49.1 Å². The molecule has 1 heterocycles. The molecule has 2 rings (SSSR count). The molecule has 1 aromatic rings. The first-order valence-electron chi connectivity index (χ1n) is 6.59. The number of benzene rings is 1. The van der Waals surface area contributed by atoms with Crippen molar-refractivity contribution in [1.29, 1.82) is 0 Å². The fourth-order valence-electron chi connectivity index (χ4n) is 2.09. The van der Waals surface area contributed by atoms with Gasteiger partial charge in [0.2, 0.25) is 11.8 Å². The molecule has 108 valence electrons. The minimum absolute atomic E-state index is 0.0409. The van der Waals surface area contributed by atoms with Crippen molar-refractivity contribution < 1.29 is 14.3 Å². The molecular formula is C14H19N3O3. The van der Waals surface area contributed by atoms with Gasteiger partial charge in [0.05, 0.1) is 19.3 Å². The zero-order chi connectivity index (χ0) is 14.5. The Morgan fingerprint density at radius 2 is 2.10 bits per heavy atom. The van der Waals surface area contributed by atoms with Crippen LogP contribution in [0.5, 0.6) is 0 Å². The Kier molecular flexibility index (Phi) is 4.57. The van der Waals surface area contributed by atoms with Crippen molar-refractivity contribution in [2.45, 2.75) is 13.0 Å². The maximum Gasteiger partial charge on any atom is 0.248 e. The predicted octanol–water partition coefficient (Wildman–Crippen LogP) is 0.445. The van der Waals surface area contributed by atoms with Crippen molar-refractivity contribution in [2.75, 3.05) is 31.6 Å². The Bertz CT molecular complexity index is 487. The summed E-state index contributed by atoms with van der Waals surface area (Å²) in [5.41, 5.74) is 6.39. The van der Waals surface area contributed by atoms with Crippen LogP contribution in [0.2, 0.25) is 0 Å². The molecule has 0 saturated carbocycles. The summed E-state index contributed by atoms with van der Waals surface area (Å²) in [6, 6.07) is 6.72. The molecule has 1 aliphatic heterocycles. The van der Waals surface area contributed by atoms with E-state index in [4.69, 9.17) is 10.5 Å². The maximum atomic E-state index is 12.0. The van der Waals surface area contributed by atoms with Gasteiger partial charge in [0.25, 0.3) is 0 Å². The van der Waals surface area contributed by atoms with E-state index >= 15 is 0 Å². The van der Waals surface area contributed by atoms with Crippen LogP contribution < -0.4 is 11.1 Å². The molecule has 0 spiro atoms. The predicted molar refractivity (Wildman–Crippen MR) is 75.4 cm³/mol. The molecule has 1 aromatic carbocycles. The van der Waals surface area contributed by atoms with Crippen molar-refractivity contribution in [3.63, 3.8) is 0 Å².